The Labute approximate surface area is 118 Å². The molecule has 114 valence electrons. The lowest BCUT2D eigenvalue weighted by molar-refractivity contribution is -0.141. The first-order valence-corrected chi connectivity index (χ1v) is 6.81. The highest BCUT2D eigenvalue weighted by Gasteiger charge is 2.31. The van der Waals surface area contributed by atoms with E-state index in [4.69, 9.17) is 5.11 Å². The number of amides is 3. The lowest BCUT2D eigenvalue weighted by Crippen LogP contribution is -2.45. The van der Waals surface area contributed by atoms with Gasteiger partial charge in [0, 0.05) is 26.7 Å². The van der Waals surface area contributed by atoms with Crippen molar-refractivity contribution in [1.29, 1.82) is 0 Å². The van der Waals surface area contributed by atoms with Crippen LogP contribution in [-0.2, 0) is 9.59 Å². The van der Waals surface area contributed by atoms with E-state index in [1.165, 1.54) is 4.90 Å². The Morgan fingerprint density at radius 1 is 1.35 bits per heavy atom. The highest BCUT2D eigenvalue weighted by atomic mass is 16.4. The molecule has 1 aliphatic carbocycles. The summed E-state index contributed by atoms with van der Waals surface area (Å²) in [6.07, 6.45) is 1.75. The molecule has 3 N–H and O–H groups in total. The zero-order valence-corrected chi connectivity index (χ0v) is 12.2. The summed E-state index contributed by atoms with van der Waals surface area (Å²) < 4.78 is 0. The molecule has 7 heteroatoms. The fraction of sp³-hybridized carbons (Fsp3) is 0.769. The highest BCUT2D eigenvalue weighted by Crippen LogP contribution is 2.25. The molecule has 20 heavy (non-hydrogen) atoms. The van der Waals surface area contributed by atoms with Crippen molar-refractivity contribution in [3.05, 3.63) is 0 Å². The lowest BCUT2D eigenvalue weighted by atomic mass is 10.1. The molecule has 0 radical (unpaired) electrons. The maximum atomic E-state index is 12.0. The van der Waals surface area contributed by atoms with E-state index in [0.29, 0.717) is 25.8 Å². The number of carboxylic acids is 1. The summed E-state index contributed by atoms with van der Waals surface area (Å²) in [4.78, 5) is 35.7. The van der Waals surface area contributed by atoms with Crippen LogP contribution in [0.1, 0.15) is 26.2 Å². The summed E-state index contributed by atoms with van der Waals surface area (Å²) in [6, 6.07) is -0.363. The predicted octanol–water partition coefficient (Wildman–Crippen LogP) is 0.263. The number of hydrogen-bond donors (Lipinski definition) is 3. The molecule has 0 bridgehead atoms. The zero-order valence-electron chi connectivity index (χ0n) is 12.2. The van der Waals surface area contributed by atoms with Crippen LogP contribution >= 0.6 is 0 Å². The topological polar surface area (TPSA) is 98.7 Å². The van der Waals surface area contributed by atoms with E-state index in [2.05, 4.69) is 10.6 Å². The number of nitrogens with zero attached hydrogens (tertiary/aromatic N) is 1. The van der Waals surface area contributed by atoms with Crippen molar-refractivity contribution in [3.63, 3.8) is 0 Å². The monoisotopic (exact) mass is 285 g/mol. The summed E-state index contributed by atoms with van der Waals surface area (Å²) in [5.74, 6) is -1.57. The van der Waals surface area contributed by atoms with Gasteiger partial charge in [-0.2, -0.15) is 0 Å². The molecule has 7 nitrogen and oxygen atoms in total. The molecule has 3 amide bonds. The Balaban J connectivity index is 2.39. The second-order valence-corrected chi connectivity index (χ2v) is 5.39. The molecule has 0 aromatic carbocycles. The third kappa shape index (κ3) is 4.40. The molecule has 1 fully saturated rings. The van der Waals surface area contributed by atoms with Crippen LogP contribution in [0.15, 0.2) is 0 Å². The van der Waals surface area contributed by atoms with Crippen LogP contribution in [0.4, 0.5) is 4.79 Å². The number of aliphatic carboxylic acids is 1. The zero-order chi connectivity index (χ0) is 15.3. The van der Waals surface area contributed by atoms with Crippen molar-refractivity contribution < 1.29 is 19.5 Å². The predicted molar refractivity (Wildman–Crippen MR) is 73.2 cm³/mol. The normalized spacial score (nSPS) is 22.9. The molecule has 0 saturated heterocycles. The summed E-state index contributed by atoms with van der Waals surface area (Å²) >= 11 is 0. The molecular formula is C13H23N3O4. The van der Waals surface area contributed by atoms with E-state index in [0.717, 1.165) is 0 Å². The number of hydrogen-bond acceptors (Lipinski definition) is 3. The minimum absolute atomic E-state index is 0.0960. The highest BCUT2D eigenvalue weighted by molar-refractivity contribution is 5.80. The maximum absolute atomic E-state index is 12.0. The van der Waals surface area contributed by atoms with Crippen molar-refractivity contribution in [1.82, 2.24) is 15.5 Å². The van der Waals surface area contributed by atoms with Gasteiger partial charge in [-0.05, 0) is 19.3 Å². The van der Waals surface area contributed by atoms with Crippen LogP contribution in [-0.4, -0.2) is 54.6 Å². The summed E-state index contributed by atoms with van der Waals surface area (Å²) in [5.41, 5.74) is 0. The molecule has 0 spiro atoms. The Morgan fingerprint density at radius 2 is 2.00 bits per heavy atom. The SMILES string of the molecule is CNC(=O)C(C)CN(C)C(=O)NC1CCC(C(=O)O)C1. The molecule has 0 aromatic heterocycles. The Kier molecular flexibility index (Phi) is 5.79. The summed E-state index contributed by atoms with van der Waals surface area (Å²) in [5, 5.41) is 14.3. The van der Waals surface area contributed by atoms with E-state index >= 15 is 0 Å². The van der Waals surface area contributed by atoms with Gasteiger partial charge in [-0.15, -0.1) is 0 Å². The lowest BCUT2D eigenvalue weighted by Gasteiger charge is -2.23. The minimum Gasteiger partial charge on any atom is -0.481 e. The van der Waals surface area contributed by atoms with Gasteiger partial charge in [0.1, 0.15) is 0 Å². The Hall–Kier alpha value is -1.79. The van der Waals surface area contributed by atoms with E-state index in [-0.39, 0.29) is 29.8 Å². The molecule has 3 atom stereocenters. The number of nitrogens with one attached hydrogen (secondary N) is 2. The molecule has 0 aliphatic heterocycles. The van der Waals surface area contributed by atoms with Crippen LogP contribution in [0.25, 0.3) is 0 Å². The Morgan fingerprint density at radius 3 is 2.50 bits per heavy atom. The van der Waals surface area contributed by atoms with E-state index < -0.39 is 5.97 Å². The minimum atomic E-state index is -0.802. The van der Waals surface area contributed by atoms with Crippen LogP contribution in [0.5, 0.6) is 0 Å². The van der Waals surface area contributed by atoms with Gasteiger partial charge < -0.3 is 20.6 Å². The van der Waals surface area contributed by atoms with Crippen molar-refractivity contribution in [2.75, 3.05) is 20.6 Å². The number of carbonyl (C=O) groups is 3. The van der Waals surface area contributed by atoms with Gasteiger partial charge in [-0.3, -0.25) is 9.59 Å². The average Bonchev–Trinajstić information content (AvgIpc) is 2.86. The molecule has 3 unspecified atom stereocenters. The van der Waals surface area contributed by atoms with Crippen LogP contribution in [0.3, 0.4) is 0 Å². The van der Waals surface area contributed by atoms with Gasteiger partial charge in [0.05, 0.1) is 11.8 Å². The van der Waals surface area contributed by atoms with Crippen molar-refractivity contribution in [3.8, 4) is 0 Å². The summed E-state index contributed by atoms with van der Waals surface area (Å²) in [7, 11) is 3.18. The van der Waals surface area contributed by atoms with Crippen molar-refractivity contribution in [2.24, 2.45) is 11.8 Å². The number of carbonyl (C=O) groups excluding carboxylic acids is 2. The number of rotatable bonds is 5. The molecular weight excluding hydrogens is 262 g/mol. The van der Waals surface area contributed by atoms with Gasteiger partial charge in [0.15, 0.2) is 0 Å². The smallest absolute Gasteiger partial charge is 0.317 e. The van der Waals surface area contributed by atoms with E-state index in [1.54, 1.807) is 21.0 Å². The van der Waals surface area contributed by atoms with Crippen molar-refractivity contribution >= 4 is 17.9 Å². The fourth-order valence-corrected chi connectivity index (χ4v) is 2.44. The third-order valence-corrected chi connectivity index (χ3v) is 3.70. The first-order valence-electron chi connectivity index (χ1n) is 6.81. The van der Waals surface area contributed by atoms with Gasteiger partial charge in [0.2, 0.25) is 5.91 Å². The fourth-order valence-electron chi connectivity index (χ4n) is 2.44. The van der Waals surface area contributed by atoms with E-state index in [9.17, 15) is 14.4 Å². The second-order valence-electron chi connectivity index (χ2n) is 5.39. The van der Waals surface area contributed by atoms with Gasteiger partial charge in [-0.25, -0.2) is 4.79 Å². The molecule has 0 aromatic rings. The molecule has 1 saturated carbocycles. The largest absolute Gasteiger partial charge is 0.481 e. The first kappa shape index (κ1) is 16.3. The molecule has 1 aliphatic rings. The van der Waals surface area contributed by atoms with Crippen molar-refractivity contribution in [2.45, 2.75) is 32.2 Å². The standard InChI is InChI=1S/C13H23N3O4/c1-8(11(17)14-2)7-16(3)13(20)15-10-5-4-9(6-10)12(18)19/h8-10H,4-7H2,1-3H3,(H,14,17)(H,15,20)(H,18,19). The second kappa shape index (κ2) is 7.12. The Bertz CT molecular complexity index is 386. The maximum Gasteiger partial charge on any atom is 0.317 e. The number of carboxylic acid groups (broad SMARTS) is 1. The van der Waals surface area contributed by atoms with Gasteiger partial charge >= 0.3 is 12.0 Å². The quantitative estimate of drug-likeness (QED) is 0.675. The summed E-state index contributed by atoms with van der Waals surface area (Å²) in [6.45, 7) is 2.07. The molecule has 0 heterocycles. The number of urea groups is 1. The van der Waals surface area contributed by atoms with Gasteiger partial charge in [-0.1, -0.05) is 6.92 Å². The van der Waals surface area contributed by atoms with Crippen LogP contribution in [0, 0.1) is 11.8 Å². The van der Waals surface area contributed by atoms with Crippen LogP contribution in [0.2, 0.25) is 0 Å². The average molecular weight is 285 g/mol. The van der Waals surface area contributed by atoms with Crippen LogP contribution < -0.4 is 10.6 Å². The van der Waals surface area contributed by atoms with E-state index in [1.807, 2.05) is 0 Å². The molecule has 1 rings (SSSR count). The first-order chi connectivity index (χ1) is 9.35. The van der Waals surface area contributed by atoms with Gasteiger partial charge in [0.25, 0.3) is 0 Å². The third-order valence-electron chi connectivity index (χ3n) is 3.70.